The van der Waals surface area contributed by atoms with Crippen molar-refractivity contribution >= 4 is 12.1 Å². The molecule has 0 bridgehead atoms. The number of rotatable bonds is 10. The highest BCUT2D eigenvalue weighted by molar-refractivity contribution is 5.81. The Hall–Kier alpha value is -3.16. The third kappa shape index (κ3) is 6.86. The molecule has 0 atom stereocenters. The molecule has 1 N–H and O–H groups in total. The van der Waals surface area contributed by atoms with Crippen molar-refractivity contribution in [1.29, 1.82) is 0 Å². The number of nitrogens with zero attached hydrogens (tertiary/aromatic N) is 1. The molecule has 0 aliphatic carbocycles. The maximum absolute atomic E-state index is 12.3. The lowest BCUT2D eigenvalue weighted by Gasteiger charge is -2.09. The smallest absolute Gasteiger partial charge is 0.387 e. The van der Waals surface area contributed by atoms with E-state index in [1.165, 1.54) is 42.7 Å². The zero-order valence-electron chi connectivity index (χ0n) is 15.7. The van der Waals surface area contributed by atoms with Gasteiger partial charge in [0.15, 0.2) is 18.1 Å². The monoisotopic (exact) mass is 392 g/mol. The molecule has 0 aliphatic rings. The fourth-order valence-corrected chi connectivity index (χ4v) is 2.43. The number of hydrogen-bond acceptors (Lipinski definition) is 5. The molecule has 2 aromatic carbocycles. The fraction of sp³-hybridized carbons (Fsp3) is 0.300. The molecule has 0 unspecified atom stereocenters. The lowest BCUT2D eigenvalue weighted by atomic mass is 10.1. The summed E-state index contributed by atoms with van der Waals surface area (Å²) in [6.45, 7) is -0.648. The Labute approximate surface area is 162 Å². The molecule has 0 saturated heterocycles. The number of hydrogen-bond donors (Lipinski definition) is 1. The van der Waals surface area contributed by atoms with E-state index < -0.39 is 6.61 Å². The molecular weight excluding hydrogens is 370 g/mol. The van der Waals surface area contributed by atoms with Crippen LogP contribution < -0.4 is 14.8 Å². The Balaban J connectivity index is 1.75. The molecule has 1 amide bonds. The molecule has 0 radical (unpaired) electrons. The van der Waals surface area contributed by atoms with Gasteiger partial charge in [0.1, 0.15) is 0 Å². The van der Waals surface area contributed by atoms with Gasteiger partial charge in [-0.25, -0.2) is 0 Å². The van der Waals surface area contributed by atoms with Crippen molar-refractivity contribution in [3.63, 3.8) is 0 Å². The molecule has 6 nitrogen and oxygen atoms in total. The third-order valence-electron chi connectivity index (χ3n) is 3.85. The summed E-state index contributed by atoms with van der Waals surface area (Å²) >= 11 is 0. The second kappa shape index (κ2) is 10.9. The molecule has 28 heavy (non-hydrogen) atoms. The van der Waals surface area contributed by atoms with Gasteiger partial charge in [-0.05, 0) is 42.7 Å². The summed E-state index contributed by atoms with van der Waals surface area (Å²) in [4.78, 5) is 16.7. The second-order valence-corrected chi connectivity index (χ2v) is 5.82. The van der Waals surface area contributed by atoms with Crippen molar-refractivity contribution in [2.24, 2.45) is 5.16 Å². The van der Waals surface area contributed by atoms with Gasteiger partial charge in [-0.15, -0.1) is 0 Å². The first-order chi connectivity index (χ1) is 13.5. The minimum Gasteiger partial charge on any atom is -0.493 e. The van der Waals surface area contributed by atoms with Gasteiger partial charge in [-0.2, -0.15) is 8.78 Å². The fourth-order valence-electron chi connectivity index (χ4n) is 2.43. The molecular formula is C20H22F2N2O4. The quantitative estimate of drug-likeness (QED) is 0.498. The number of halogens is 2. The average molecular weight is 392 g/mol. The maximum atomic E-state index is 12.3. The summed E-state index contributed by atoms with van der Waals surface area (Å²) in [5, 5.41) is 6.45. The number of carbonyl (C=O) groups is 1. The summed E-state index contributed by atoms with van der Waals surface area (Å²) in [7, 11) is 1.34. The number of alkyl halides is 2. The van der Waals surface area contributed by atoms with Gasteiger partial charge in [-0.3, -0.25) is 4.79 Å². The highest BCUT2D eigenvalue weighted by atomic mass is 19.3. The lowest BCUT2D eigenvalue weighted by molar-refractivity contribution is -0.125. The van der Waals surface area contributed by atoms with E-state index in [4.69, 9.17) is 9.57 Å². The highest BCUT2D eigenvalue weighted by Crippen LogP contribution is 2.28. The van der Waals surface area contributed by atoms with Crippen LogP contribution in [0, 0.1) is 6.92 Å². The molecule has 2 rings (SSSR count). The van der Waals surface area contributed by atoms with Crippen molar-refractivity contribution in [2.75, 3.05) is 20.3 Å². The van der Waals surface area contributed by atoms with Crippen LogP contribution in [0.15, 0.2) is 47.6 Å². The van der Waals surface area contributed by atoms with Crippen molar-refractivity contribution in [2.45, 2.75) is 20.0 Å². The zero-order valence-corrected chi connectivity index (χ0v) is 15.7. The van der Waals surface area contributed by atoms with Crippen molar-refractivity contribution in [3.05, 3.63) is 59.2 Å². The SMILES string of the molecule is COc1cc(/C=N/OCC(=O)NCCc2ccccc2C)ccc1OC(F)F. The van der Waals surface area contributed by atoms with E-state index in [-0.39, 0.29) is 24.0 Å². The standard InChI is InChI=1S/C20H22F2N2O4/c1-14-5-3-4-6-16(14)9-10-23-19(25)13-27-24-12-15-7-8-17(28-20(21)22)18(11-15)26-2/h3-8,11-12,20H,9-10,13H2,1-2H3,(H,23,25)/b24-12+. The van der Waals surface area contributed by atoms with Crippen LogP contribution in [0.3, 0.4) is 0 Å². The van der Waals surface area contributed by atoms with Crippen LogP contribution in [0.2, 0.25) is 0 Å². The normalized spacial score (nSPS) is 10.9. The largest absolute Gasteiger partial charge is 0.493 e. The van der Waals surface area contributed by atoms with Gasteiger partial charge in [-0.1, -0.05) is 29.4 Å². The third-order valence-corrected chi connectivity index (χ3v) is 3.85. The van der Waals surface area contributed by atoms with E-state index >= 15 is 0 Å². The number of amides is 1. The molecule has 0 fully saturated rings. The predicted molar refractivity (Wildman–Crippen MR) is 101 cm³/mol. The number of carbonyl (C=O) groups excluding carboxylic acids is 1. The minimum atomic E-state index is -2.94. The first-order valence-corrected chi connectivity index (χ1v) is 8.59. The van der Waals surface area contributed by atoms with E-state index in [0.29, 0.717) is 12.1 Å². The number of benzene rings is 2. The predicted octanol–water partition coefficient (Wildman–Crippen LogP) is 3.31. The Morgan fingerprint density at radius 1 is 1.21 bits per heavy atom. The van der Waals surface area contributed by atoms with Crippen molar-refractivity contribution < 1.29 is 27.9 Å². The van der Waals surface area contributed by atoms with E-state index in [1.54, 1.807) is 0 Å². The molecule has 0 aromatic heterocycles. The maximum Gasteiger partial charge on any atom is 0.387 e. The number of aryl methyl sites for hydroxylation is 1. The average Bonchev–Trinajstić information content (AvgIpc) is 2.67. The summed E-state index contributed by atoms with van der Waals surface area (Å²) in [6, 6.07) is 12.3. The first-order valence-electron chi connectivity index (χ1n) is 8.59. The summed E-state index contributed by atoms with van der Waals surface area (Å²) in [5.74, 6) is -0.231. The van der Waals surface area contributed by atoms with Crippen LogP contribution in [-0.4, -0.2) is 39.0 Å². The first kappa shape index (κ1) is 21.1. The molecule has 0 saturated carbocycles. The van der Waals surface area contributed by atoms with Crippen LogP contribution in [0.1, 0.15) is 16.7 Å². The summed E-state index contributed by atoms with van der Waals surface area (Å²) in [5.41, 5.74) is 2.89. The zero-order chi connectivity index (χ0) is 20.4. The van der Waals surface area contributed by atoms with E-state index in [0.717, 1.165) is 6.42 Å². The molecule has 0 aliphatic heterocycles. The second-order valence-electron chi connectivity index (χ2n) is 5.82. The molecule has 8 heteroatoms. The van der Waals surface area contributed by atoms with E-state index in [2.05, 4.69) is 15.2 Å². The van der Waals surface area contributed by atoms with Gasteiger partial charge in [0.05, 0.1) is 13.3 Å². The van der Waals surface area contributed by atoms with Crippen molar-refractivity contribution in [3.8, 4) is 11.5 Å². The minimum absolute atomic E-state index is 0.0800. The van der Waals surface area contributed by atoms with Crippen LogP contribution in [0.4, 0.5) is 8.78 Å². The van der Waals surface area contributed by atoms with Crippen LogP contribution in [0.25, 0.3) is 0 Å². The number of ether oxygens (including phenoxy) is 2. The van der Waals surface area contributed by atoms with Crippen LogP contribution >= 0.6 is 0 Å². The van der Waals surface area contributed by atoms with Gasteiger partial charge in [0, 0.05) is 12.1 Å². The van der Waals surface area contributed by atoms with Gasteiger partial charge >= 0.3 is 6.61 Å². The Bertz CT molecular complexity index is 813. The number of oxime groups is 1. The van der Waals surface area contributed by atoms with Crippen molar-refractivity contribution in [1.82, 2.24) is 5.32 Å². The Morgan fingerprint density at radius 2 is 2.00 bits per heavy atom. The summed E-state index contributed by atoms with van der Waals surface area (Å²) in [6.07, 6.45) is 2.07. The molecule has 2 aromatic rings. The molecule has 0 heterocycles. The number of methoxy groups -OCH3 is 1. The van der Waals surface area contributed by atoms with E-state index in [9.17, 15) is 13.6 Å². The van der Waals surface area contributed by atoms with E-state index in [1.807, 2.05) is 31.2 Å². The number of nitrogens with one attached hydrogen (secondary N) is 1. The van der Waals surface area contributed by atoms with Gasteiger partial charge in [0.2, 0.25) is 0 Å². The molecule has 150 valence electrons. The lowest BCUT2D eigenvalue weighted by Crippen LogP contribution is -2.29. The van der Waals surface area contributed by atoms with Gasteiger partial charge < -0.3 is 19.6 Å². The topological polar surface area (TPSA) is 69.2 Å². The Kier molecular flexibility index (Phi) is 8.20. The Morgan fingerprint density at radius 3 is 2.71 bits per heavy atom. The van der Waals surface area contributed by atoms with Gasteiger partial charge in [0.25, 0.3) is 5.91 Å². The van der Waals surface area contributed by atoms with Crippen LogP contribution in [-0.2, 0) is 16.1 Å². The molecule has 0 spiro atoms. The summed E-state index contributed by atoms with van der Waals surface area (Å²) < 4.78 is 33.9. The highest BCUT2D eigenvalue weighted by Gasteiger charge is 2.10. The van der Waals surface area contributed by atoms with Crippen LogP contribution in [0.5, 0.6) is 11.5 Å².